The Morgan fingerprint density at radius 2 is 2.03 bits per heavy atom. The highest BCUT2D eigenvalue weighted by atomic mass is 35.5. The zero-order valence-electron chi connectivity index (χ0n) is 19.2. The van der Waals surface area contributed by atoms with Crippen LogP contribution in [0.5, 0.6) is 0 Å². The van der Waals surface area contributed by atoms with Crippen LogP contribution in [0.2, 0.25) is 5.15 Å². The van der Waals surface area contributed by atoms with Crippen LogP contribution in [0.3, 0.4) is 0 Å². The minimum absolute atomic E-state index is 0.0308. The third-order valence-corrected chi connectivity index (χ3v) is 6.86. The highest BCUT2D eigenvalue weighted by Gasteiger charge is 2.30. The molecule has 3 aromatic rings. The maximum Gasteiger partial charge on any atom is 0.270 e. The molecule has 0 N–H and O–H groups in total. The number of rotatable bonds is 6. The van der Waals surface area contributed by atoms with Gasteiger partial charge in [0.15, 0.2) is 0 Å². The van der Waals surface area contributed by atoms with Gasteiger partial charge in [-0.25, -0.2) is 9.37 Å². The lowest BCUT2D eigenvalue weighted by Gasteiger charge is -2.34. The van der Waals surface area contributed by atoms with E-state index in [4.69, 9.17) is 16.4 Å². The van der Waals surface area contributed by atoms with Gasteiger partial charge in [0.25, 0.3) is 5.56 Å². The number of oxime groups is 1. The van der Waals surface area contributed by atoms with Crippen LogP contribution in [0.1, 0.15) is 36.9 Å². The predicted molar refractivity (Wildman–Crippen MR) is 131 cm³/mol. The van der Waals surface area contributed by atoms with Crippen molar-refractivity contribution in [3.8, 4) is 6.07 Å². The summed E-state index contributed by atoms with van der Waals surface area (Å²) < 4.78 is 14.9. The molecule has 0 aromatic carbocycles. The number of aryl methyl sites for hydroxylation is 1. The first-order valence-electron chi connectivity index (χ1n) is 11.6. The molecule has 0 bridgehead atoms. The van der Waals surface area contributed by atoms with Crippen LogP contribution < -0.4 is 10.5 Å². The fourth-order valence-electron chi connectivity index (χ4n) is 4.51. The summed E-state index contributed by atoms with van der Waals surface area (Å²) >= 11 is 6.17. The number of anilines is 1. The SMILES string of the molecule is Cn1c(=O)c(C#N)c(N2CCC(/C(=N/OCC3CC3)c3ccc(F)cn3)CC2)c2nc(Cl)ccc21. The first-order valence-corrected chi connectivity index (χ1v) is 12.0. The fourth-order valence-corrected chi connectivity index (χ4v) is 4.66. The average Bonchev–Trinajstić information content (AvgIpc) is 3.69. The topological polar surface area (TPSA) is 96.4 Å². The molecule has 0 unspecified atom stereocenters. The summed E-state index contributed by atoms with van der Waals surface area (Å²) in [5.41, 5.74) is 2.61. The molecule has 35 heavy (non-hydrogen) atoms. The van der Waals surface area contributed by atoms with Gasteiger partial charge in [-0.3, -0.25) is 9.78 Å². The van der Waals surface area contributed by atoms with E-state index in [1.807, 2.05) is 4.90 Å². The summed E-state index contributed by atoms with van der Waals surface area (Å²) in [5, 5.41) is 14.5. The number of nitriles is 1. The number of hydrogen-bond acceptors (Lipinski definition) is 7. The normalized spacial score (nSPS) is 17.0. The van der Waals surface area contributed by atoms with E-state index >= 15 is 0 Å². The second-order valence-electron chi connectivity index (χ2n) is 9.04. The molecular weight excluding hydrogens is 471 g/mol. The Kier molecular flexibility index (Phi) is 6.39. The van der Waals surface area contributed by atoms with Gasteiger partial charge in [0, 0.05) is 26.1 Å². The van der Waals surface area contributed by atoms with Gasteiger partial charge >= 0.3 is 0 Å². The Hall–Kier alpha value is -3.51. The molecule has 4 heterocycles. The van der Waals surface area contributed by atoms with Crippen LogP contribution in [0.15, 0.2) is 40.4 Å². The number of halogens is 2. The average molecular weight is 495 g/mol. The minimum Gasteiger partial charge on any atom is -0.395 e. The zero-order valence-corrected chi connectivity index (χ0v) is 20.0. The van der Waals surface area contributed by atoms with Crippen LogP contribution in [-0.4, -0.2) is 39.9 Å². The fraction of sp³-hybridized carbons (Fsp3) is 0.400. The largest absolute Gasteiger partial charge is 0.395 e. The molecule has 1 saturated carbocycles. The van der Waals surface area contributed by atoms with Crippen molar-refractivity contribution in [2.75, 3.05) is 24.6 Å². The van der Waals surface area contributed by atoms with Crippen LogP contribution in [0.4, 0.5) is 10.1 Å². The molecule has 0 radical (unpaired) electrons. The first-order chi connectivity index (χ1) is 17.0. The van der Waals surface area contributed by atoms with Crippen molar-refractivity contribution in [3.05, 3.63) is 63.0 Å². The van der Waals surface area contributed by atoms with E-state index < -0.39 is 5.82 Å². The molecule has 2 aliphatic rings. The van der Waals surface area contributed by atoms with Crippen LogP contribution in [0.25, 0.3) is 11.0 Å². The lowest BCUT2D eigenvalue weighted by atomic mass is 9.89. The first kappa shape index (κ1) is 23.2. The monoisotopic (exact) mass is 494 g/mol. The van der Waals surface area contributed by atoms with Gasteiger partial charge in [-0.1, -0.05) is 16.8 Å². The third-order valence-electron chi connectivity index (χ3n) is 6.65. The Labute approximate surface area is 206 Å². The van der Waals surface area contributed by atoms with E-state index in [0.29, 0.717) is 71.7 Å². The Bertz CT molecular complexity index is 1390. The number of aromatic nitrogens is 3. The number of pyridine rings is 3. The lowest BCUT2D eigenvalue weighted by molar-refractivity contribution is 0.132. The number of piperidine rings is 1. The summed E-state index contributed by atoms with van der Waals surface area (Å²) in [6.45, 7) is 1.71. The van der Waals surface area contributed by atoms with Gasteiger partial charge in [-0.15, -0.1) is 0 Å². The lowest BCUT2D eigenvalue weighted by Crippen LogP contribution is -2.39. The molecule has 10 heteroatoms. The molecule has 1 saturated heterocycles. The van der Waals surface area contributed by atoms with E-state index in [0.717, 1.165) is 12.8 Å². The Morgan fingerprint density at radius 1 is 1.26 bits per heavy atom. The summed E-state index contributed by atoms with van der Waals surface area (Å²) in [6, 6.07) is 8.44. The van der Waals surface area contributed by atoms with Gasteiger partial charge in [0.2, 0.25) is 0 Å². The van der Waals surface area contributed by atoms with Crippen molar-refractivity contribution in [2.45, 2.75) is 25.7 Å². The third kappa shape index (κ3) is 4.71. The van der Waals surface area contributed by atoms with E-state index in [-0.39, 0.29) is 17.0 Å². The summed E-state index contributed by atoms with van der Waals surface area (Å²) in [4.78, 5) is 29.2. The van der Waals surface area contributed by atoms with Crippen molar-refractivity contribution in [3.63, 3.8) is 0 Å². The van der Waals surface area contributed by atoms with Gasteiger partial charge in [-0.05, 0) is 55.9 Å². The molecule has 0 amide bonds. The van der Waals surface area contributed by atoms with Crippen LogP contribution >= 0.6 is 11.6 Å². The molecule has 5 rings (SSSR count). The zero-order chi connectivity index (χ0) is 24.5. The van der Waals surface area contributed by atoms with Gasteiger partial charge in [0.05, 0.1) is 23.1 Å². The smallest absolute Gasteiger partial charge is 0.270 e. The molecule has 0 spiro atoms. The van der Waals surface area contributed by atoms with Crippen molar-refractivity contribution >= 4 is 34.0 Å². The minimum atomic E-state index is -0.408. The molecule has 1 aliphatic heterocycles. The maximum absolute atomic E-state index is 13.5. The van der Waals surface area contributed by atoms with Crippen molar-refractivity contribution in [1.29, 1.82) is 5.26 Å². The molecule has 180 valence electrons. The van der Waals surface area contributed by atoms with E-state index in [9.17, 15) is 14.4 Å². The standard InChI is InChI=1S/C25H24ClFN6O2/c1-32-20-6-7-21(26)30-23(20)24(18(12-28)25(32)34)33-10-8-16(9-11-33)22(31-35-14-15-2-3-15)19-5-4-17(27)13-29-19/h4-7,13,15-16H,2-3,8-11,14H2,1H3/b31-22-. The maximum atomic E-state index is 13.5. The molecule has 1 aliphatic carbocycles. The second kappa shape index (κ2) is 9.62. The molecule has 2 fully saturated rings. The number of hydrogen-bond donors (Lipinski definition) is 0. The Morgan fingerprint density at radius 3 is 2.69 bits per heavy atom. The summed E-state index contributed by atoms with van der Waals surface area (Å²) in [6.07, 6.45) is 4.87. The second-order valence-corrected chi connectivity index (χ2v) is 9.43. The number of fused-ring (bicyclic) bond motifs is 1. The summed E-state index contributed by atoms with van der Waals surface area (Å²) in [5.74, 6) is 0.179. The number of nitrogens with zero attached hydrogens (tertiary/aromatic N) is 6. The van der Waals surface area contributed by atoms with Crippen LogP contribution in [0, 0.1) is 29.0 Å². The predicted octanol–water partition coefficient (Wildman–Crippen LogP) is 4.04. The van der Waals surface area contributed by atoms with Crippen LogP contribution in [-0.2, 0) is 11.9 Å². The quantitative estimate of drug-likeness (QED) is 0.291. The van der Waals surface area contributed by atoms with Gasteiger partial charge in [-0.2, -0.15) is 5.26 Å². The van der Waals surface area contributed by atoms with Gasteiger partial charge < -0.3 is 14.3 Å². The van der Waals surface area contributed by atoms with Crippen molar-refractivity contribution in [1.82, 2.24) is 14.5 Å². The van der Waals surface area contributed by atoms with E-state index in [2.05, 4.69) is 21.2 Å². The van der Waals surface area contributed by atoms with E-state index in [1.165, 1.54) is 16.8 Å². The molecule has 0 atom stereocenters. The van der Waals surface area contributed by atoms with E-state index in [1.54, 1.807) is 25.2 Å². The molecule has 8 nitrogen and oxygen atoms in total. The highest BCUT2D eigenvalue weighted by Crippen LogP contribution is 2.33. The summed E-state index contributed by atoms with van der Waals surface area (Å²) in [7, 11) is 1.62. The van der Waals surface area contributed by atoms with Gasteiger partial charge in [0.1, 0.15) is 40.4 Å². The molecule has 3 aromatic heterocycles. The highest BCUT2D eigenvalue weighted by molar-refractivity contribution is 6.29. The van der Waals surface area contributed by atoms with Crippen molar-refractivity contribution in [2.24, 2.45) is 24.0 Å². The molecular formula is C25H24ClFN6O2. The Balaban J connectivity index is 1.44. The van der Waals surface area contributed by atoms with Crippen molar-refractivity contribution < 1.29 is 9.23 Å².